The Labute approximate surface area is 232 Å². The highest BCUT2D eigenvalue weighted by Gasteiger charge is 2.33. The molecule has 0 spiro atoms. The average Bonchev–Trinajstić information content (AvgIpc) is 3.57. The zero-order valence-corrected chi connectivity index (χ0v) is 22.6. The molecule has 5 rings (SSSR count). The molecular formula is C28H32N6O6. The highest BCUT2D eigenvalue weighted by molar-refractivity contribution is 6.01. The SMILES string of the molecule is COC1CCN(Cc2cc3c(nc2C=O)N(C(=O)Nc2cc(C[C@H]4COC[C@@H]4OC)c(C#N)cn2)CCC3)C1=O. The van der Waals surface area contributed by atoms with Crippen LogP contribution in [0.25, 0.3) is 0 Å². The number of hydrogen-bond donors (Lipinski definition) is 1. The lowest BCUT2D eigenvalue weighted by Crippen LogP contribution is -2.40. The van der Waals surface area contributed by atoms with Crippen molar-refractivity contribution in [3.8, 4) is 6.07 Å². The van der Waals surface area contributed by atoms with Crippen molar-refractivity contribution < 1.29 is 28.6 Å². The zero-order chi connectivity index (χ0) is 28.2. The first-order valence-corrected chi connectivity index (χ1v) is 13.3. The van der Waals surface area contributed by atoms with Crippen molar-refractivity contribution in [2.75, 3.05) is 50.7 Å². The van der Waals surface area contributed by atoms with E-state index in [4.69, 9.17) is 14.2 Å². The molecule has 2 fully saturated rings. The van der Waals surface area contributed by atoms with Gasteiger partial charge >= 0.3 is 6.03 Å². The van der Waals surface area contributed by atoms with Gasteiger partial charge in [-0.2, -0.15) is 5.26 Å². The molecule has 12 heteroatoms. The summed E-state index contributed by atoms with van der Waals surface area (Å²) in [5, 5.41) is 12.4. The lowest BCUT2D eigenvalue weighted by Gasteiger charge is -2.29. The molecule has 2 aromatic heterocycles. The van der Waals surface area contributed by atoms with E-state index in [1.807, 2.05) is 6.07 Å². The largest absolute Gasteiger partial charge is 0.379 e. The molecule has 1 unspecified atom stereocenters. The van der Waals surface area contributed by atoms with E-state index in [0.29, 0.717) is 81.0 Å². The number of pyridine rings is 2. The summed E-state index contributed by atoms with van der Waals surface area (Å²) in [6.07, 6.45) is 4.14. The Kier molecular flexibility index (Phi) is 8.35. The maximum Gasteiger partial charge on any atom is 0.328 e. The van der Waals surface area contributed by atoms with Crippen molar-refractivity contribution in [3.05, 3.63) is 46.3 Å². The number of amides is 3. The third kappa shape index (κ3) is 5.54. The van der Waals surface area contributed by atoms with Crippen molar-refractivity contribution in [1.29, 1.82) is 5.26 Å². The summed E-state index contributed by atoms with van der Waals surface area (Å²) in [6, 6.07) is 5.31. The monoisotopic (exact) mass is 548 g/mol. The summed E-state index contributed by atoms with van der Waals surface area (Å²) in [7, 11) is 3.15. The van der Waals surface area contributed by atoms with Crippen LogP contribution in [0, 0.1) is 17.2 Å². The van der Waals surface area contributed by atoms with E-state index in [9.17, 15) is 19.6 Å². The zero-order valence-electron chi connectivity index (χ0n) is 22.6. The number of likely N-dealkylation sites (tertiary alicyclic amines) is 1. The fourth-order valence-electron chi connectivity index (χ4n) is 5.60. The van der Waals surface area contributed by atoms with Crippen molar-refractivity contribution in [2.24, 2.45) is 5.92 Å². The van der Waals surface area contributed by atoms with Crippen LogP contribution in [0.15, 0.2) is 18.3 Å². The van der Waals surface area contributed by atoms with Gasteiger partial charge in [0.25, 0.3) is 5.91 Å². The molecule has 0 saturated carbocycles. The van der Waals surface area contributed by atoms with Crippen LogP contribution in [0.4, 0.5) is 16.4 Å². The van der Waals surface area contributed by atoms with Gasteiger partial charge in [-0.25, -0.2) is 14.8 Å². The standard InChI is InChI=1S/C28H32N6O6/c1-38-23-5-7-33(27(23)36)13-19-8-17-4-3-6-34(26(17)31-22(19)14-35)28(37)32-25-10-18(21(11-29)12-30-25)9-20-15-40-16-24(20)39-2/h8,10,12,14,20,23-24H,3-7,9,13,15-16H2,1-2H3,(H,30,32,37)/t20-,23?,24-/m0/s1. The number of carbonyl (C=O) groups is 3. The summed E-state index contributed by atoms with van der Waals surface area (Å²) in [5.74, 6) is 0.711. The molecule has 5 heterocycles. The highest BCUT2D eigenvalue weighted by atomic mass is 16.5. The molecule has 40 heavy (non-hydrogen) atoms. The first-order valence-electron chi connectivity index (χ1n) is 13.3. The van der Waals surface area contributed by atoms with E-state index in [1.165, 1.54) is 18.2 Å². The number of aldehydes is 1. The van der Waals surface area contributed by atoms with Gasteiger partial charge in [0.05, 0.1) is 24.9 Å². The van der Waals surface area contributed by atoms with Crippen LogP contribution in [-0.4, -0.2) is 85.8 Å². The molecule has 3 aliphatic heterocycles. The number of ether oxygens (including phenoxy) is 3. The van der Waals surface area contributed by atoms with Crippen LogP contribution in [0.5, 0.6) is 0 Å². The molecule has 2 aromatic rings. The Morgan fingerprint density at radius 1 is 1.25 bits per heavy atom. The van der Waals surface area contributed by atoms with Gasteiger partial charge in [0, 0.05) is 58.0 Å². The minimum atomic E-state index is -0.464. The molecule has 3 atom stereocenters. The molecular weight excluding hydrogens is 516 g/mol. The smallest absolute Gasteiger partial charge is 0.328 e. The molecule has 12 nitrogen and oxygen atoms in total. The molecule has 1 N–H and O–H groups in total. The van der Waals surface area contributed by atoms with E-state index in [0.717, 1.165) is 11.1 Å². The van der Waals surface area contributed by atoms with E-state index >= 15 is 0 Å². The highest BCUT2D eigenvalue weighted by Crippen LogP contribution is 2.30. The van der Waals surface area contributed by atoms with E-state index in [1.54, 1.807) is 18.1 Å². The quantitative estimate of drug-likeness (QED) is 0.490. The van der Waals surface area contributed by atoms with Gasteiger partial charge in [-0.15, -0.1) is 0 Å². The first kappa shape index (κ1) is 27.6. The molecule has 0 bridgehead atoms. The molecule has 2 saturated heterocycles. The Bertz CT molecular complexity index is 1340. The minimum absolute atomic E-state index is 0.0597. The Morgan fingerprint density at radius 3 is 2.83 bits per heavy atom. The van der Waals surface area contributed by atoms with Crippen LogP contribution in [0.2, 0.25) is 0 Å². The van der Waals surface area contributed by atoms with Gasteiger partial charge in [-0.3, -0.25) is 19.8 Å². The molecule has 3 amide bonds. The number of nitrogens with one attached hydrogen (secondary N) is 1. The molecule has 0 aliphatic carbocycles. The second-order valence-corrected chi connectivity index (χ2v) is 10.2. The van der Waals surface area contributed by atoms with Gasteiger partial charge in [0.1, 0.15) is 29.5 Å². The van der Waals surface area contributed by atoms with Crippen LogP contribution < -0.4 is 10.2 Å². The maximum absolute atomic E-state index is 13.4. The molecule has 0 aromatic carbocycles. The van der Waals surface area contributed by atoms with Gasteiger partial charge < -0.3 is 19.1 Å². The minimum Gasteiger partial charge on any atom is -0.379 e. The van der Waals surface area contributed by atoms with E-state index in [2.05, 4.69) is 21.4 Å². The van der Waals surface area contributed by atoms with Crippen molar-refractivity contribution >= 4 is 29.9 Å². The Morgan fingerprint density at radius 2 is 2.10 bits per heavy atom. The molecule has 210 valence electrons. The van der Waals surface area contributed by atoms with Crippen LogP contribution >= 0.6 is 0 Å². The lowest BCUT2D eigenvalue weighted by molar-refractivity contribution is -0.136. The number of carbonyl (C=O) groups excluding carboxylic acids is 3. The number of anilines is 2. The summed E-state index contributed by atoms with van der Waals surface area (Å²) >= 11 is 0. The van der Waals surface area contributed by atoms with Gasteiger partial charge in [0.2, 0.25) is 0 Å². The summed E-state index contributed by atoms with van der Waals surface area (Å²) in [6.45, 7) is 2.25. The Balaban J connectivity index is 1.34. The normalized spacial score (nSPS) is 22.2. The van der Waals surface area contributed by atoms with Crippen molar-refractivity contribution in [3.63, 3.8) is 0 Å². The number of fused-ring (bicyclic) bond motifs is 1. The van der Waals surface area contributed by atoms with E-state index < -0.39 is 12.1 Å². The van der Waals surface area contributed by atoms with Gasteiger partial charge in [-0.05, 0) is 42.5 Å². The summed E-state index contributed by atoms with van der Waals surface area (Å²) < 4.78 is 16.3. The predicted molar refractivity (Wildman–Crippen MR) is 143 cm³/mol. The predicted octanol–water partition coefficient (Wildman–Crippen LogP) is 2.10. The third-order valence-electron chi connectivity index (χ3n) is 7.80. The van der Waals surface area contributed by atoms with Crippen molar-refractivity contribution in [1.82, 2.24) is 14.9 Å². The number of aromatic nitrogens is 2. The van der Waals surface area contributed by atoms with Crippen molar-refractivity contribution in [2.45, 2.75) is 44.4 Å². The third-order valence-corrected chi connectivity index (χ3v) is 7.80. The summed E-state index contributed by atoms with van der Waals surface area (Å²) in [4.78, 5) is 49.9. The fourth-order valence-corrected chi connectivity index (χ4v) is 5.60. The lowest BCUT2D eigenvalue weighted by atomic mass is 9.94. The van der Waals surface area contributed by atoms with Crippen LogP contribution in [-0.2, 0) is 38.4 Å². The number of hydrogen-bond acceptors (Lipinski definition) is 9. The number of nitriles is 1. The average molecular weight is 549 g/mol. The Hall–Kier alpha value is -3.92. The van der Waals surface area contributed by atoms with Gasteiger partial charge in [0.15, 0.2) is 6.29 Å². The van der Waals surface area contributed by atoms with Crippen LogP contribution in [0.1, 0.15) is 45.6 Å². The van der Waals surface area contributed by atoms with E-state index in [-0.39, 0.29) is 30.2 Å². The van der Waals surface area contributed by atoms with Crippen LogP contribution in [0.3, 0.4) is 0 Å². The molecule has 3 aliphatic rings. The number of nitrogens with zero attached hydrogens (tertiary/aromatic N) is 5. The van der Waals surface area contributed by atoms with Gasteiger partial charge in [-0.1, -0.05) is 0 Å². The number of methoxy groups -OCH3 is 2. The maximum atomic E-state index is 13.4. The summed E-state index contributed by atoms with van der Waals surface area (Å²) in [5.41, 5.74) is 2.85. The first-order chi connectivity index (χ1) is 19.4. The topological polar surface area (TPSA) is 147 Å². The second-order valence-electron chi connectivity index (χ2n) is 10.2. The fraction of sp³-hybridized carbons (Fsp3) is 0.500. The molecule has 0 radical (unpaired) electrons. The number of aryl methyl sites for hydroxylation is 1. The number of urea groups is 1. The number of rotatable bonds is 8. The second kappa shape index (κ2) is 12.1.